The normalized spacial score (nSPS) is 11.2. The Kier molecular flexibility index (Phi) is 7.68. The second-order valence-corrected chi connectivity index (χ2v) is 7.88. The molecule has 0 saturated heterocycles. The topological polar surface area (TPSA) is 35.5 Å². The zero-order valence-electron chi connectivity index (χ0n) is 18.6. The Morgan fingerprint density at radius 1 is 0.606 bits per heavy atom. The van der Waals surface area contributed by atoms with E-state index in [9.17, 15) is 4.79 Å². The largest absolute Gasteiger partial charge is 0.461 e. The molecule has 4 rings (SSSR count). The number of benzene rings is 4. The average Bonchev–Trinajstić information content (AvgIpc) is 2.90. The highest BCUT2D eigenvalue weighted by Crippen LogP contribution is 2.40. The lowest BCUT2D eigenvalue weighted by Crippen LogP contribution is -2.33. The molecule has 0 aliphatic rings. The van der Waals surface area contributed by atoms with Crippen molar-refractivity contribution < 1.29 is 14.3 Å². The van der Waals surface area contributed by atoms with Gasteiger partial charge < -0.3 is 9.47 Å². The Balaban J connectivity index is 1.50. The monoisotopic (exact) mass is 436 g/mol. The van der Waals surface area contributed by atoms with Crippen LogP contribution in [0.2, 0.25) is 0 Å². The minimum atomic E-state index is -0.766. The lowest BCUT2D eigenvalue weighted by atomic mass is 9.80. The predicted molar refractivity (Wildman–Crippen MR) is 131 cm³/mol. The van der Waals surface area contributed by atoms with Crippen molar-refractivity contribution in [2.45, 2.75) is 25.0 Å². The third-order valence-electron chi connectivity index (χ3n) is 5.63. The quantitative estimate of drug-likeness (QED) is 0.161. The fourth-order valence-corrected chi connectivity index (χ4v) is 4.02. The van der Waals surface area contributed by atoms with E-state index in [0.29, 0.717) is 26.1 Å². The third-order valence-corrected chi connectivity index (χ3v) is 5.63. The molecule has 3 heteroatoms. The molecule has 0 radical (unpaired) electrons. The molecular formula is C30H28O3. The van der Waals surface area contributed by atoms with Crippen molar-refractivity contribution in [3.05, 3.63) is 144 Å². The van der Waals surface area contributed by atoms with Crippen LogP contribution in [-0.2, 0) is 26.5 Å². The number of hydrogen-bond acceptors (Lipinski definition) is 3. The highest BCUT2D eigenvalue weighted by molar-refractivity contribution is 5.69. The van der Waals surface area contributed by atoms with E-state index in [1.165, 1.54) is 0 Å². The van der Waals surface area contributed by atoms with Crippen molar-refractivity contribution in [2.24, 2.45) is 0 Å². The van der Waals surface area contributed by atoms with Gasteiger partial charge in [0.15, 0.2) is 0 Å². The zero-order valence-corrected chi connectivity index (χ0v) is 18.6. The van der Waals surface area contributed by atoms with Gasteiger partial charge in [-0.2, -0.15) is 0 Å². The summed E-state index contributed by atoms with van der Waals surface area (Å²) in [6.07, 6.45) is 0.878. The van der Waals surface area contributed by atoms with Gasteiger partial charge in [0, 0.05) is 13.0 Å². The maximum absolute atomic E-state index is 12.3. The van der Waals surface area contributed by atoms with Crippen molar-refractivity contribution in [1.82, 2.24) is 0 Å². The summed E-state index contributed by atoms with van der Waals surface area (Å²) < 4.78 is 12.1. The predicted octanol–water partition coefficient (Wildman–Crippen LogP) is 6.52. The molecule has 0 unspecified atom stereocenters. The minimum Gasteiger partial charge on any atom is -0.461 e. The number of ether oxygens (including phenoxy) is 2. The molecule has 166 valence electrons. The molecule has 4 aromatic rings. The lowest BCUT2D eigenvalue weighted by molar-refractivity contribution is -0.145. The van der Waals surface area contributed by atoms with Crippen molar-refractivity contribution in [1.29, 1.82) is 0 Å². The Hall–Kier alpha value is -3.69. The summed E-state index contributed by atoms with van der Waals surface area (Å²) in [5.74, 6) is -0.216. The Morgan fingerprint density at radius 3 is 1.48 bits per heavy atom. The van der Waals surface area contributed by atoms with Gasteiger partial charge in [-0.25, -0.2) is 0 Å². The summed E-state index contributed by atoms with van der Waals surface area (Å²) in [6.45, 7) is 0.710. The summed E-state index contributed by atoms with van der Waals surface area (Å²) in [5.41, 5.74) is 3.37. The van der Waals surface area contributed by atoms with E-state index < -0.39 is 5.60 Å². The summed E-state index contributed by atoms with van der Waals surface area (Å²) in [5, 5.41) is 0. The SMILES string of the molecule is O=C(CCCOC(c1ccccc1)(c1ccccc1)c1ccccc1)OCc1ccccc1. The number of esters is 1. The molecule has 0 heterocycles. The molecule has 0 fully saturated rings. The van der Waals surface area contributed by atoms with Crippen molar-refractivity contribution in [3.63, 3.8) is 0 Å². The second-order valence-electron chi connectivity index (χ2n) is 7.88. The van der Waals surface area contributed by atoms with Gasteiger partial charge in [0.05, 0.1) is 0 Å². The molecular weight excluding hydrogens is 408 g/mol. The van der Waals surface area contributed by atoms with E-state index in [0.717, 1.165) is 22.3 Å². The van der Waals surface area contributed by atoms with Crippen LogP contribution in [-0.4, -0.2) is 12.6 Å². The first-order chi connectivity index (χ1) is 16.3. The van der Waals surface area contributed by atoms with E-state index in [1.807, 2.05) is 84.9 Å². The maximum Gasteiger partial charge on any atom is 0.306 e. The van der Waals surface area contributed by atoms with Gasteiger partial charge in [0.1, 0.15) is 12.2 Å². The molecule has 4 aromatic carbocycles. The van der Waals surface area contributed by atoms with Gasteiger partial charge in [0.25, 0.3) is 0 Å². The lowest BCUT2D eigenvalue weighted by Gasteiger charge is -2.36. The molecule has 0 N–H and O–H groups in total. The zero-order chi connectivity index (χ0) is 22.8. The van der Waals surface area contributed by atoms with Crippen LogP contribution in [0.15, 0.2) is 121 Å². The van der Waals surface area contributed by atoms with Gasteiger partial charge in [-0.15, -0.1) is 0 Å². The molecule has 33 heavy (non-hydrogen) atoms. The van der Waals surface area contributed by atoms with Crippen LogP contribution in [0, 0.1) is 0 Å². The highest BCUT2D eigenvalue weighted by atomic mass is 16.5. The summed E-state index contributed by atoms with van der Waals surface area (Å²) >= 11 is 0. The summed E-state index contributed by atoms with van der Waals surface area (Å²) in [4.78, 5) is 12.3. The average molecular weight is 437 g/mol. The Bertz CT molecular complexity index is 1010. The van der Waals surface area contributed by atoms with E-state index in [-0.39, 0.29) is 5.97 Å². The van der Waals surface area contributed by atoms with Crippen LogP contribution in [0.1, 0.15) is 35.1 Å². The van der Waals surface area contributed by atoms with Gasteiger partial charge in [0.2, 0.25) is 0 Å². The molecule has 0 atom stereocenters. The molecule has 0 saturated carbocycles. The summed E-state index contributed by atoms with van der Waals surface area (Å²) in [7, 11) is 0. The van der Waals surface area contributed by atoms with E-state index >= 15 is 0 Å². The van der Waals surface area contributed by atoms with Gasteiger partial charge in [-0.3, -0.25) is 4.79 Å². The third kappa shape index (κ3) is 5.57. The molecule has 0 aliphatic heterocycles. The first-order valence-corrected chi connectivity index (χ1v) is 11.3. The molecule has 0 aromatic heterocycles. The molecule has 0 bridgehead atoms. The maximum atomic E-state index is 12.3. The summed E-state index contributed by atoms with van der Waals surface area (Å²) in [6, 6.07) is 40.5. The highest BCUT2D eigenvalue weighted by Gasteiger charge is 2.37. The van der Waals surface area contributed by atoms with Crippen molar-refractivity contribution >= 4 is 5.97 Å². The van der Waals surface area contributed by atoms with Crippen LogP contribution in [0.5, 0.6) is 0 Å². The van der Waals surface area contributed by atoms with Crippen LogP contribution in [0.3, 0.4) is 0 Å². The second kappa shape index (κ2) is 11.3. The first kappa shape index (κ1) is 22.5. The van der Waals surface area contributed by atoms with Crippen molar-refractivity contribution in [3.8, 4) is 0 Å². The fourth-order valence-electron chi connectivity index (χ4n) is 4.02. The van der Waals surface area contributed by atoms with Gasteiger partial charge in [-0.1, -0.05) is 121 Å². The molecule has 0 aliphatic carbocycles. The minimum absolute atomic E-state index is 0.216. The molecule has 3 nitrogen and oxygen atoms in total. The van der Waals surface area contributed by atoms with Crippen molar-refractivity contribution in [2.75, 3.05) is 6.61 Å². The number of rotatable bonds is 10. The number of hydrogen-bond donors (Lipinski definition) is 0. The van der Waals surface area contributed by atoms with Crippen LogP contribution in [0.25, 0.3) is 0 Å². The fraction of sp³-hybridized carbons (Fsp3) is 0.167. The Labute approximate surface area is 195 Å². The standard InChI is InChI=1S/C30H28O3/c31-29(32-24-25-14-5-1-6-15-25)22-13-23-33-30(26-16-7-2-8-17-26,27-18-9-3-10-19-27)28-20-11-4-12-21-28/h1-12,14-21H,13,22-24H2. The number of carbonyl (C=O) groups excluding carboxylic acids is 1. The van der Waals surface area contributed by atoms with Crippen LogP contribution in [0.4, 0.5) is 0 Å². The van der Waals surface area contributed by atoms with Gasteiger partial charge >= 0.3 is 5.97 Å². The van der Waals surface area contributed by atoms with E-state index in [2.05, 4.69) is 36.4 Å². The Morgan fingerprint density at radius 2 is 1.03 bits per heavy atom. The molecule has 0 amide bonds. The molecule has 0 spiro atoms. The van der Waals surface area contributed by atoms with E-state index in [4.69, 9.17) is 9.47 Å². The van der Waals surface area contributed by atoms with Crippen LogP contribution >= 0.6 is 0 Å². The van der Waals surface area contributed by atoms with E-state index in [1.54, 1.807) is 0 Å². The smallest absolute Gasteiger partial charge is 0.306 e. The van der Waals surface area contributed by atoms with Crippen LogP contribution < -0.4 is 0 Å². The first-order valence-electron chi connectivity index (χ1n) is 11.3. The number of carbonyl (C=O) groups is 1. The van der Waals surface area contributed by atoms with Gasteiger partial charge in [-0.05, 0) is 28.7 Å².